The molecule has 0 fully saturated rings. The topological polar surface area (TPSA) is 83.5 Å². The second-order valence-corrected chi connectivity index (χ2v) is 4.52. The van der Waals surface area contributed by atoms with E-state index in [1.807, 2.05) is 0 Å². The van der Waals surface area contributed by atoms with Gasteiger partial charge in [0.1, 0.15) is 11.4 Å². The summed E-state index contributed by atoms with van der Waals surface area (Å²) in [6, 6.07) is 4.22. The Morgan fingerprint density at radius 2 is 1.94 bits per heavy atom. The van der Waals surface area contributed by atoms with Gasteiger partial charge in [-0.3, -0.25) is 14.4 Å². The van der Waals surface area contributed by atoms with E-state index < -0.39 is 17.5 Å². The first-order chi connectivity index (χ1) is 8.43. The van der Waals surface area contributed by atoms with Crippen LogP contribution in [0.5, 0.6) is 5.75 Å². The van der Waals surface area contributed by atoms with E-state index in [1.165, 1.54) is 25.1 Å². The molecule has 1 aliphatic carbocycles. The molecule has 1 amide bonds. The highest BCUT2D eigenvalue weighted by atomic mass is 79.9. The normalized spacial score (nSPS) is 14.6. The molecule has 0 heterocycles. The van der Waals surface area contributed by atoms with Crippen LogP contribution >= 0.6 is 15.9 Å². The minimum atomic E-state index is -0.536. The number of allylic oxidation sites excluding steroid dienone is 2. The van der Waals surface area contributed by atoms with Crippen molar-refractivity contribution in [3.8, 4) is 5.75 Å². The lowest BCUT2D eigenvalue weighted by Gasteiger charge is -2.18. The molecular formula is C12H8BrNO4. The van der Waals surface area contributed by atoms with E-state index in [1.54, 1.807) is 0 Å². The van der Waals surface area contributed by atoms with Crippen LogP contribution in [-0.4, -0.2) is 22.6 Å². The Morgan fingerprint density at radius 1 is 1.28 bits per heavy atom. The molecule has 18 heavy (non-hydrogen) atoms. The first-order valence-corrected chi connectivity index (χ1v) is 5.81. The predicted molar refractivity (Wildman–Crippen MR) is 66.5 cm³/mol. The Bertz CT molecular complexity index is 619. The number of carbonyl (C=O) groups is 3. The van der Waals surface area contributed by atoms with Gasteiger partial charge in [-0.2, -0.15) is 0 Å². The Balaban J connectivity index is 2.64. The van der Waals surface area contributed by atoms with Crippen molar-refractivity contribution in [2.24, 2.45) is 0 Å². The van der Waals surface area contributed by atoms with E-state index >= 15 is 0 Å². The molecule has 92 valence electrons. The van der Waals surface area contributed by atoms with E-state index in [0.717, 1.165) is 0 Å². The number of amides is 1. The van der Waals surface area contributed by atoms with Gasteiger partial charge >= 0.3 is 0 Å². The molecule has 1 aliphatic rings. The van der Waals surface area contributed by atoms with E-state index in [9.17, 15) is 19.5 Å². The quantitative estimate of drug-likeness (QED) is 0.823. The number of halogens is 1. The summed E-state index contributed by atoms with van der Waals surface area (Å²) in [5.74, 6) is -1.76. The molecule has 0 aromatic heterocycles. The summed E-state index contributed by atoms with van der Waals surface area (Å²) >= 11 is 2.98. The van der Waals surface area contributed by atoms with Gasteiger partial charge in [-0.05, 0) is 28.1 Å². The van der Waals surface area contributed by atoms with Crippen LogP contribution in [0.2, 0.25) is 0 Å². The van der Waals surface area contributed by atoms with Gasteiger partial charge in [0, 0.05) is 12.5 Å². The average Bonchev–Trinajstić information content (AvgIpc) is 2.31. The fourth-order valence-electron chi connectivity index (χ4n) is 1.71. The second kappa shape index (κ2) is 4.38. The number of fused-ring (bicyclic) bond motifs is 1. The number of nitrogens with one attached hydrogen (secondary N) is 1. The van der Waals surface area contributed by atoms with Gasteiger partial charge < -0.3 is 10.4 Å². The number of phenols is 1. The number of hydrogen-bond donors (Lipinski definition) is 2. The van der Waals surface area contributed by atoms with E-state index in [4.69, 9.17) is 0 Å². The third-order valence-electron chi connectivity index (χ3n) is 2.46. The van der Waals surface area contributed by atoms with Crippen molar-refractivity contribution in [1.82, 2.24) is 5.32 Å². The summed E-state index contributed by atoms with van der Waals surface area (Å²) in [7, 11) is 0. The van der Waals surface area contributed by atoms with Crippen molar-refractivity contribution in [3.05, 3.63) is 39.5 Å². The molecule has 2 N–H and O–H groups in total. The maximum absolute atomic E-state index is 12.1. The number of Topliss-reactive ketones (excluding diaryl/α,β-unsaturated/α-hetero) is 2. The van der Waals surface area contributed by atoms with Crippen molar-refractivity contribution in [1.29, 1.82) is 0 Å². The molecule has 0 aliphatic heterocycles. The number of benzene rings is 1. The second-order valence-electron chi connectivity index (χ2n) is 3.73. The van der Waals surface area contributed by atoms with Crippen molar-refractivity contribution in [2.75, 3.05) is 0 Å². The van der Waals surface area contributed by atoms with Gasteiger partial charge in [-0.25, -0.2) is 0 Å². The third-order valence-corrected chi connectivity index (χ3v) is 3.22. The van der Waals surface area contributed by atoms with Gasteiger partial charge in [-0.1, -0.05) is 6.07 Å². The number of carbonyl (C=O) groups excluding carboxylic acids is 3. The van der Waals surface area contributed by atoms with E-state index in [0.29, 0.717) is 0 Å². The lowest BCUT2D eigenvalue weighted by molar-refractivity contribution is -0.118. The van der Waals surface area contributed by atoms with Crippen LogP contribution in [0.3, 0.4) is 0 Å². The zero-order valence-electron chi connectivity index (χ0n) is 9.28. The van der Waals surface area contributed by atoms with E-state index in [2.05, 4.69) is 21.2 Å². The molecule has 5 nitrogen and oxygen atoms in total. The SMILES string of the molecule is CC(=O)NC1=C(Br)C(=O)c2c(O)cccc2C1=O. The molecule has 6 heteroatoms. The standard InChI is InChI=1S/C12H8BrNO4/c1-5(15)14-10-9(13)12(18)8-6(11(10)17)3-2-4-7(8)16/h2-4,16H,1H3,(H,14,15). The summed E-state index contributed by atoms with van der Waals surface area (Å²) in [6.07, 6.45) is 0. The van der Waals surface area contributed by atoms with Crippen molar-refractivity contribution >= 4 is 33.4 Å². The first kappa shape index (κ1) is 12.5. The van der Waals surface area contributed by atoms with Crippen molar-refractivity contribution in [2.45, 2.75) is 6.92 Å². The van der Waals surface area contributed by atoms with Crippen LogP contribution in [0.4, 0.5) is 0 Å². The number of aromatic hydroxyl groups is 1. The monoisotopic (exact) mass is 309 g/mol. The molecule has 0 radical (unpaired) electrons. The van der Waals surface area contributed by atoms with E-state index in [-0.39, 0.29) is 27.1 Å². The number of hydrogen-bond acceptors (Lipinski definition) is 4. The Morgan fingerprint density at radius 3 is 2.56 bits per heavy atom. The summed E-state index contributed by atoms with van der Waals surface area (Å²) in [5, 5.41) is 11.9. The van der Waals surface area contributed by atoms with Crippen molar-refractivity contribution < 1.29 is 19.5 Å². The highest BCUT2D eigenvalue weighted by molar-refractivity contribution is 9.12. The summed E-state index contributed by atoms with van der Waals surface area (Å²) < 4.78 is -0.0586. The largest absolute Gasteiger partial charge is 0.507 e. The molecule has 0 bridgehead atoms. The minimum Gasteiger partial charge on any atom is -0.507 e. The maximum Gasteiger partial charge on any atom is 0.221 e. The zero-order valence-corrected chi connectivity index (χ0v) is 10.9. The molecule has 1 aromatic carbocycles. The molecular weight excluding hydrogens is 302 g/mol. The van der Waals surface area contributed by atoms with Crippen LogP contribution in [0, 0.1) is 0 Å². The van der Waals surface area contributed by atoms with Crippen LogP contribution < -0.4 is 5.32 Å². The highest BCUT2D eigenvalue weighted by Crippen LogP contribution is 2.33. The number of rotatable bonds is 1. The average molecular weight is 310 g/mol. The zero-order chi connectivity index (χ0) is 13.4. The lowest BCUT2D eigenvalue weighted by atomic mass is 9.92. The summed E-state index contributed by atoms with van der Waals surface area (Å²) in [4.78, 5) is 35.1. The fourth-order valence-corrected chi connectivity index (χ4v) is 2.19. The van der Waals surface area contributed by atoms with Crippen LogP contribution in [0.15, 0.2) is 28.4 Å². The molecule has 0 atom stereocenters. The Kier molecular flexibility index (Phi) is 3.04. The van der Waals surface area contributed by atoms with Crippen LogP contribution in [-0.2, 0) is 4.79 Å². The third kappa shape index (κ3) is 1.84. The maximum atomic E-state index is 12.1. The Hall–Kier alpha value is -1.95. The smallest absolute Gasteiger partial charge is 0.221 e. The van der Waals surface area contributed by atoms with Gasteiger partial charge in [0.05, 0.1) is 10.0 Å². The summed E-state index contributed by atoms with van der Waals surface area (Å²) in [5.41, 5.74) is -0.0824. The molecule has 2 rings (SSSR count). The van der Waals surface area contributed by atoms with Gasteiger partial charge in [0.15, 0.2) is 0 Å². The first-order valence-electron chi connectivity index (χ1n) is 5.02. The minimum absolute atomic E-state index is 0.0523. The van der Waals surface area contributed by atoms with Gasteiger partial charge in [-0.15, -0.1) is 0 Å². The lowest BCUT2D eigenvalue weighted by Crippen LogP contribution is -2.31. The van der Waals surface area contributed by atoms with Crippen molar-refractivity contribution in [3.63, 3.8) is 0 Å². The molecule has 0 spiro atoms. The van der Waals surface area contributed by atoms with Crippen LogP contribution in [0.1, 0.15) is 27.6 Å². The molecule has 1 aromatic rings. The number of ketones is 2. The summed E-state index contributed by atoms with van der Waals surface area (Å²) in [6.45, 7) is 1.24. The fraction of sp³-hybridized carbons (Fsp3) is 0.0833. The highest BCUT2D eigenvalue weighted by Gasteiger charge is 2.33. The Labute approximate surface area is 111 Å². The number of phenolic OH excluding ortho intramolecular Hbond substituents is 1. The molecule has 0 unspecified atom stereocenters. The van der Waals surface area contributed by atoms with Gasteiger partial charge in [0.2, 0.25) is 17.5 Å². The molecule has 0 saturated heterocycles. The van der Waals surface area contributed by atoms with Gasteiger partial charge in [0.25, 0.3) is 0 Å². The van der Waals surface area contributed by atoms with Crippen LogP contribution in [0.25, 0.3) is 0 Å². The molecule has 0 saturated carbocycles. The predicted octanol–water partition coefficient (Wildman–Crippen LogP) is 1.51.